The number of rotatable bonds is 6. The Morgan fingerprint density at radius 1 is 1.36 bits per heavy atom. The Labute approximate surface area is 135 Å². The number of thioether (sulfide) groups is 1. The van der Waals surface area contributed by atoms with Gasteiger partial charge in [-0.15, -0.1) is 11.8 Å². The third-order valence-corrected chi connectivity index (χ3v) is 3.28. The maximum atomic E-state index is 11.8. The minimum absolute atomic E-state index is 0.317. The van der Waals surface area contributed by atoms with Crippen LogP contribution in [0.1, 0.15) is 38.1 Å². The lowest BCUT2D eigenvalue weighted by Gasteiger charge is -2.19. The highest BCUT2D eigenvalue weighted by molar-refractivity contribution is 7.99. The molecule has 1 rings (SSSR count). The highest BCUT2D eigenvalue weighted by atomic mass is 32.2. The zero-order valence-corrected chi connectivity index (χ0v) is 14.2. The van der Waals surface area contributed by atoms with Crippen LogP contribution in [0.2, 0.25) is 0 Å². The predicted octanol–water partition coefficient (Wildman–Crippen LogP) is 2.88. The molecular formula is C15H22N2O4S. The van der Waals surface area contributed by atoms with E-state index >= 15 is 0 Å². The van der Waals surface area contributed by atoms with Crippen molar-refractivity contribution in [3.05, 3.63) is 23.9 Å². The molecule has 0 atom stereocenters. The highest BCUT2D eigenvalue weighted by Crippen LogP contribution is 2.20. The van der Waals surface area contributed by atoms with Gasteiger partial charge in [-0.2, -0.15) is 0 Å². The Balaban J connectivity index is 2.46. The molecule has 0 aromatic carbocycles. The number of carbonyl (C=O) groups excluding carboxylic acids is 2. The van der Waals surface area contributed by atoms with Crippen LogP contribution in [0.15, 0.2) is 23.4 Å². The van der Waals surface area contributed by atoms with Gasteiger partial charge in [-0.3, -0.25) is 0 Å². The van der Waals surface area contributed by atoms with Crippen molar-refractivity contribution in [2.24, 2.45) is 0 Å². The summed E-state index contributed by atoms with van der Waals surface area (Å²) in [5.41, 5.74) is -0.0819. The zero-order valence-electron chi connectivity index (χ0n) is 13.3. The lowest BCUT2D eigenvalue weighted by atomic mass is 10.2. The fraction of sp³-hybridized carbons (Fsp3) is 0.533. The number of hydrogen-bond donors (Lipinski definition) is 1. The first-order chi connectivity index (χ1) is 10.3. The van der Waals surface area contributed by atoms with E-state index in [1.807, 2.05) is 0 Å². The number of nitrogens with zero attached hydrogens (tertiary/aromatic N) is 1. The number of aromatic nitrogens is 1. The van der Waals surface area contributed by atoms with E-state index in [0.717, 1.165) is 0 Å². The summed E-state index contributed by atoms with van der Waals surface area (Å²) in [6.45, 7) is 7.91. The van der Waals surface area contributed by atoms with Crippen molar-refractivity contribution in [1.82, 2.24) is 10.3 Å². The van der Waals surface area contributed by atoms with Crippen LogP contribution in [0.3, 0.4) is 0 Å². The molecule has 0 saturated heterocycles. The number of amides is 1. The molecule has 0 aliphatic rings. The van der Waals surface area contributed by atoms with E-state index in [2.05, 4.69) is 10.3 Å². The smallest absolute Gasteiger partial charge is 0.407 e. The summed E-state index contributed by atoms with van der Waals surface area (Å²) in [5, 5.41) is 3.25. The van der Waals surface area contributed by atoms with Crippen LogP contribution in [0.4, 0.5) is 4.79 Å². The molecule has 1 aromatic rings. The quantitative estimate of drug-likeness (QED) is 0.492. The van der Waals surface area contributed by atoms with Crippen LogP contribution in [-0.4, -0.2) is 41.6 Å². The van der Waals surface area contributed by atoms with E-state index in [9.17, 15) is 9.59 Å². The summed E-state index contributed by atoms with van der Waals surface area (Å²) < 4.78 is 10.1. The van der Waals surface area contributed by atoms with Gasteiger partial charge in [0.15, 0.2) is 0 Å². The van der Waals surface area contributed by atoms with Crippen LogP contribution < -0.4 is 5.32 Å². The number of pyridine rings is 1. The molecule has 1 aromatic heterocycles. The summed E-state index contributed by atoms with van der Waals surface area (Å²) in [4.78, 5) is 27.5. The summed E-state index contributed by atoms with van der Waals surface area (Å²) >= 11 is 1.38. The Morgan fingerprint density at radius 3 is 2.73 bits per heavy atom. The fourth-order valence-electron chi connectivity index (χ4n) is 1.49. The number of nitrogens with one attached hydrogen (secondary N) is 1. The maximum absolute atomic E-state index is 11.8. The molecule has 6 nitrogen and oxygen atoms in total. The second-order valence-electron chi connectivity index (χ2n) is 5.35. The SMILES string of the molecule is CCOC(=O)c1cccnc1SCCNC(=O)OC(C)(C)C. The monoisotopic (exact) mass is 326 g/mol. The third-order valence-electron chi connectivity index (χ3n) is 2.28. The molecule has 22 heavy (non-hydrogen) atoms. The van der Waals surface area contributed by atoms with Gasteiger partial charge in [0.05, 0.1) is 12.2 Å². The molecular weight excluding hydrogens is 304 g/mol. The van der Waals surface area contributed by atoms with Gasteiger partial charge in [0, 0.05) is 18.5 Å². The van der Waals surface area contributed by atoms with Gasteiger partial charge in [0.1, 0.15) is 10.6 Å². The number of carbonyl (C=O) groups is 2. The van der Waals surface area contributed by atoms with E-state index in [1.54, 1.807) is 46.0 Å². The van der Waals surface area contributed by atoms with Gasteiger partial charge < -0.3 is 14.8 Å². The normalized spacial score (nSPS) is 10.9. The van der Waals surface area contributed by atoms with Crippen molar-refractivity contribution >= 4 is 23.8 Å². The fourth-order valence-corrected chi connectivity index (χ4v) is 2.32. The molecule has 0 fully saturated rings. The minimum atomic E-state index is -0.519. The van der Waals surface area contributed by atoms with Gasteiger partial charge in [0.2, 0.25) is 0 Å². The lowest BCUT2D eigenvalue weighted by molar-refractivity contribution is 0.0514. The van der Waals surface area contributed by atoms with Gasteiger partial charge in [-0.1, -0.05) is 0 Å². The van der Waals surface area contributed by atoms with Gasteiger partial charge in [-0.25, -0.2) is 14.6 Å². The van der Waals surface area contributed by atoms with E-state index in [-0.39, 0.29) is 0 Å². The van der Waals surface area contributed by atoms with Crippen LogP contribution >= 0.6 is 11.8 Å². The van der Waals surface area contributed by atoms with Crippen molar-refractivity contribution in [3.63, 3.8) is 0 Å². The molecule has 0 spiro atoms. The average molecular weight is 326 g/mol. The van der Waals surface area contributed by atoms with Crippen molar-refractivity contribution in [1.29, 1.82) is 0 Å². The minimum Gasteiger partial charge on any atom is -0.462 e. The lowest BCUT2D eigenvalue weighted by Crippen LogP contribution is -2.33. The van der Waals surface area contributed by atoms with E-state index in [0.29, 0.717) is 29.5 Å². The number of ether oxygens (including phenoxy) is 2. The van der Waals surface area contributed by atoms with Crippen molar-refractivity contribution in [3.8, 4) is 0 Å². The molecule has 1 heterocycles. The highest BCUT2D eigenvalue weighted by Gasteiger charge is 2.16. The molecule has 0 unspecified atom stereocenters. The molecule has 1 N–H and O–H groups in total. The summed E-state index contributed by atoms with van der Waals surface area (Å²) in [7, 11) is 0. The molecule has 0 aliphatic heterocycles. The van der Waals surface area contributed by atoms with Crippen LogP contribution in [0.5, 0.6) is 0 Å². The Bertz CT molecular complexity index is 515. The third kappa shape index (κ3) is 6.80. The molecule has 0 saturated carbocycles. The van der Waals surface area contributed by atoms with Gasteiger partial charge in [-0.05, 0) is 39.8 Å². The molecule has 122 valence electrons. The second kappa shape index (κ2) is 8.63. The molecule has 0 bridgehead atoms. The summed E-state index contributed by atoms with van der Waals surface area (Å²) in [6, 6.07) is 3.36. The molecule has 1 amide bonds. The first-order valence-electron chi connectivity index (χ1n) is 7.05. The number of hydrogen-bond acceptors (Lipinski definition) is 6. The van der Waals surface area contributed by atoms with Crippen LogP contribution in [-0.2, 0) is 9.47 Å². The van der Waals surface area contributed by atoms with Crippen LogP contribution in [0, 0.1) is 0 Å². The Morgan fingerprint density at radius 2 is 2.09 bits per heavy atom. The van der Waals surface area contributed by atoms with Gasteiger partial charge in [0.25, 0.3) is 0 Å². The topological polar surface area (TPSA) is 77.5 Å². The van der Waals surface area contributed by atoms with Crippen molar-refractivity contribution in [2.75, 3.05) is 18.9 Å². The Kier molecular flexibility index (Phi) is 7.17. The van der Waals surface area contributed by atoms with Crippen molar-refractivity contribution < 1.29 is 19.1 Å². The average Bonchev–Trinajstić information content (AvgIpc) is 2.42. The molecule has 7 heteroatoms. The maximum Gasteiger partial charge on any atom is 0.407 e. The van der Waals surface area contributed by atoms with E-state index in [4.69, 9.17) is 9.47 Å². The Hall–Kier alpha value is -1.76. The summed E-state index contributed by atoms with van der Waals surface area (Å²) in [5.74, 6) is 0.182. The second-order valence-corrected chi connectivity index (χ2v) is 6.44. The van der Waals surface area contributed by atoms with Gasteiger partial charge >= 0.3 is 12.1 Å². The van der Waals surface area contributed by atoms with Crippen LogP contribution in [0.25, 0.3) is 0 Å². The molecule has 0 radical (unpaired) electrons. The predicted molar refractivity (Wildman–Crippen MR) is 85.2 cm³/mol. The van der Waals surface area contributed by atoms with Crippen molar-refractivity contribution in [2.45, 2.75) is 38.3 Å². The first kappa shape index (κ1) is 18.3. The number of esters is 1. The van der Waals surface area contributed by atoms with E-state index < -0.39 is 17.7 Å². The summed E-state index contributed by atoms with van der Waals surface area (Å²) in [6.07, 6.45) is 1.16. The largest absolute Gasteiger partial charge is 0.462 e. The first-order valence-corrected chi connectivity index (χ1v) is 8.04. The molecule has 0 aliphatic carbocycles. The standard InChI is InChI=1S/C15H22N2O4S/c1-5-20-13(18)11-7-6-8-16-12(11)22-10-9-17-14(19)21-15(2,3)4/h6-8H,5,9-10H2,1-4H3,(H,17,19). The number of alkyl carbamates (subject to hydrolysis) is 1. The van der Waals surface area contributed by atoms with E-state index in [1.165, 1.54) is 11.8 Å². The zero-order chi connectivity index (χ0) is 16.6.